The molecule has 0 radical (unpaired) electrons. The summed E-state index contributed by atoms with van der Waals surface area (Å²) in [5.41, 5.74) is 1.85. The molecule has 0 spiro atoms. The molecule has 0 unspecified atom stereocenters. The second-order valence-corrected chi connectivity index (χ2v) is 5.03. The Kier molecular flexibility index (Phi) is 4.04. The van der Waals surface area contributed by atoms with Crippen LogP contribution in [0.1, 0.15) is 23.9 Å². The number of carboxylic acid groups (broad SMARTS) is 1. The Labute approximate surface area is 109 Å². The van der Waals surface area contributed by atoms with Crippen LogP contribution >= 0.6 is 11.3 Å². The van der Waals surface area contributed by atoms with Gasteiger partial charge in [-0.05, 0) is 18.6 Å². The predicted octanol–water partition coefficient (Wildman–Crippen LogP) is 2.78. The number of carbonyl (C=O) groups is 1. The lowest BCUT2D eigenvalue weighted by Crippen LogP contribution is -2.01. The van der Waals surface area contributed by atoms with Crippen molar-refractivity contribution in [1.29, 1.82) is 0 Å². The molecule has 18 heavy (non-hydrogen) atoms. The van der Waals surface area contributed by atoms with E-state index < -0.39 is 5.97 Å². The van der Waals surface area contributed by atoms with Crippen molar-refractivity contribution in [2.45, 2.75) is 26.2 Å². The van der Waals surface area contributed by atoms with E-state index in [2.05, 4.69) is 16.9 Å². The van der Waals surface area contributed by atoms with Gasteiger partial charge in [-0.25, -0.2) is 4.98 Å². The van der Waals surface area contributed by atoms with E-state index in [1.165, 1.54) is 11.3 Å². The summed E-state index contributed by atoms with van der Waals surface area (Å²) in [6, 6.07) is 3.79. The first-order valence-electron chi connectivity index (χ1n) is 5.81. The number of nitrogens with zero attached hydrogens (tertiary/aromatic N) is 2. The Balaban J connectivity index is 2.35. The first-order valence-corrected chi connectivity index (χ1v) is 6.63. The number of rotatable bonds is 5. The number of carboxylic acids is 1. The average Bonchev–Trinajstić information content (AvgIpc) is 2.73. The zero-order chi connectivity index (χ0) is 13.0. The van der Waals surface area contributed by atoms with Crippen LogP contribution in [0.5, 0.6) is 0 Å². The molecule has 0 aliphatic rings. The van der Waals surface area contributed by atoms with Gasteiger partial charge in [-0.2, -0.15) is 0 Å². The van der Waals surface area contributed by atoms with Gasteiger partial charge in [0.25, 0.3) is 0 Å². The molecule has 0 amide bonds. The van der Waals surface area contributed by atoms with Gasteiger partial charge in [-0.1, -0.05) is 13.3 Å². The minimum atomic E-state index is -0.811. The number of aryl methyl sites for hydroxylation is 1. The second-order valence-electron chi connectivity index (χ2n) is 3.95. The van der Waals surface area contributed by atoms with Gasteiger partial charge in [0.15, 0.2) is 0 Å². The smallest absolute Gasteiger partial charge is 0.308 e. The maximum atomic E-state index is 10.8. The van der Waals surface area contributed by atoms with Gasteiger partial charge in [0, 0.05) is 22.8 Å². The zero-order valence-corrected chi connectivity index (χ0v) is 10.9. The Morgan fingerprint density at radius 1 is 1.50 bits per heavy atom. The summed E-state index contributed by atoms with van der Waals surface area (Å²) in [5, 5.41) is 9.76. The van der Waals surface area contributed by atoms with E-state index in [-0.39, 0.29) is 6.42 Å². The van der Waals surface area contributed by atoms with Crippen LogP contribution in [0.25, 0.3) is 10.6 Å². The molecule has 94 valence electrons. The molecular weight excluding hydrogens is 248 g/mol. The van der Waals surface area contributed by atoms with Crippen LogP contribution < -0.4 is 0 Å². The highest BCUT2D eigenvalue weighted by Gasteiger charge is 2.14. The molecule has 0 fully saturated rings. The molecule has 0 bridgehead atoms. The maximum absolute atomic E-state index is 10.8. The normalized spacial score (nSPS) is 10.5. The fourth-order valence-electron chi connectivity index (χ4n) is 1.70. The molecule has 0 saturated carbocycles. The summed E-state index contributed by atoms with van der Waals surface area (Å²) in [5.74, 6) is -0.811. The fourth-order valence-corrected chi connectivity index (χ4v) is 2.79. The SMILES string of the molecule is CCCc1nc(-c2cccnc2)sc1CC(=O)O. The van der Waals surface area contributed by atoms with E-state index in [1.807, 2.05) is 12.1 Å². The lowest BCUT2D eigenvalue weighted by Gasteiger charge is -1.95. The largest absolute Gasteiger partial charge is 0.481 e. The monoisotopic (exact) mass is 262 g/mol. The fraction of sp³-hybridized carbons (Fsp3) is 0.308. The quantitative estimate of drug-likeness (QED) is 0.900. The molecule has 5 heteroatoms. The molecule has 2 aromatic heterocycles. The molecule has 2 aromatic rings. The van der Waals surface area contributed by atoms with Crippen molar-refractivity contribution in [1.82, 2.24) is 9.97 Å². The van der Waals surface area contributed by atoms with E-state index in [1.54, 1.807) is 12.4 Å². The third-order valence-corrected chi connectivity index (χ3v) is 3.63. The first kappa shape index (κ1) is 12.7. The molecule has 0 saturated heterocycles. The van der Waals surface area contributed by atoms with E-state index in [0.29, 0.717) is 0 Å². The first-order chi connectivity index (χ1) is 8.70. The van der Waals surface area contributed by atoms with Gasteiger partial charge >= 0.3 is 5.97 Å². The Hall–Kier alpha value is -1.75. The van der Waals surface area contributed by atoms with Gasteiger partial charge < -0.3 is 5.11 Å². The van der Waals surface area contributed by atoms with E-state index in [0.717, 1.165) is 34.0 Å². The molecule has 0 aliphatic heterocycles. The van der Waals surface area contributed by atoms with Gasteiger partial charge in [0.05, 0.1) is 12.1 Å². The van der Waals surface area contributed by atoms with Crippen LogP contribution in [0.2, 0.25) is 0 Å². The summed E-state index contributed by atoms with van der Waals surface area (Å²) < 4.78 is 0. The van der Waals surface area contributed by atoms with Crippen LogP contribution in [-0.2, 0) is 17.6 Å². The number of hydrogen-bond donors (Lipinski definition) is 1. The second kappa shape index (κ2) is 5.73. The van der Waals surface area contributed by atoms with Crippen molar-refractivity contribution < 1.29 is 9.90 Å². The van der Waals surface area contributed by atoms with Crippen LogP contribution in [0.4, 0.5) is 0 Å². The lowest BCUT2D eigenvalue weighted by molar-refractivity contribution is -0.136. The number of pyridine rings is 1. The van der Waals surface area contributed by atoms with E-state index >= 15 is 0 Å². The van der Waals surface area contributed by atoms with Crippen molar-refractivity contribution in [2.24, 2.45) is 0 Å². The minimum Gasteiger partial charge on any atom is -0.481 e. The summed E-state index contributed by atoms with van der Waals surface area (Å²) >= 11 is 1.45. The van der Waals surface area contributed by atoms with Gasteiger partial charge in [-0.3, -0.25) is 9.78 Å². The molecule has 0 aliphatic carbocycles. The molecule has 2 heterocycles. The summed E-state index contributed by atoms with van der Waals surface area (Å²) in [6.07, 6.45) is 5.29. The Morgan fingerprint density at radius 2 is 2.33 bits per heavy atom. The summed E-state index contributed by atoms with van der Waals surface area (Å²) in [4.78, 5) is 20.3. The van der Waals surface area contributed by atoms with Crippen molar-refractivity contribution in [3.63, 3.8) is 0 Å². The van der Waals surface area contributed by atoms with Crippen LogP contribution in [0.3, 0.4) is 0 Å². The highest BCUT2D eigenvalue weighted by Crippen LogP contribution is 2.28. The van der Waals surface area contributed by atoms with Crippen molar-refractivity contribution in [3.05, 3.63) is 35.1 Å². The zero-order valence-electron chi connectivity index (χ0n) is 10.1. The van der Waals surface area contributed by atoms with Crippen LogP contribution in [-0.4, -0.2) is 21.0 Å². The number of hydrogen-bond acceptors (Lipinski definition) is 4. The van der Waals surface area contributed by atoms with Gasteiger partial charge in [0.1, 0.15) is 5.01 Å². The molecular formula is C13H14N2O2S. The summed E-state index contributed by atoms with van der Waals surface area (Å²) in [6.45, 7) is 2.06. The topological polar surface area (TPSA) is 63.1 Å². The lowest BCUT2D eigenvalue weighted by atomic mass is 10.2. The molecule has 2 rings (SSSR count). The highest BCUT2D eigenvalue weighted by molar-refractivity contribution is 7.15. The predicted molar refractivity (Wildman–Crippen MR) is 70.7 cm³/mol. The minimum absolute atomic E-state index is 0.0489. The molecule has 1 N–H and O–H groups in total. The van der Waals surface area contributed by atoms with E-state index in [4.69, 9.17) is 5.11 Å². The number of aliphatic carboxylic acids is 1. The van der Waals surface area contributed by atoms with Crippen LogP contribution in [0.15, 0.2) is 24.5 Å². The Bertz CT molecular complexity index is 537. The van der Waals surface area contributed by atoms with Gasteiger partial charge in [0.2, 0.25) is 0 Å². The van der Waals surface area contributed by atoms with Crippen LogP contribution in [0, 0.1) is 0 Å². The third-order valence-electron chi connectivity index (χ3n) is 2.49. The van der Waals surface area contributed by atoms with Gasteiger partial charge in [-0.15, -0.1) is 11.3 Å². The standard InChI is InChI=1S/C13H14N2O2S/c1-2-4-10-11(7-12(16)17)18-13(15-10)9-5-3-6-14-8-9/h3,5-6,8H,2,4,7H2,1H3,(H,16,17). The summed E-state index contributed by atoms with van der Waals surface area (Å²) in [7, 11) is 0. The molecule has 0 aromatic carbocycles. The van der Waals surface area contributed by atoms with Crippen molar-refractivity contribution >= 4 is 17.3 Å². The highest BCUT2D eigenvalue weighted by atomic mass is 32.1. The molecule has 0 atom stereocenters. The van der Waals surface area contributed by atoms with Crippen molar-refractivity contribution in [2.75, 3.05) is 0 Å². The van der Waals surface area contributed by atoms with Crippen molar-refractivity contribution in [3.8, 4) is 10.6 Å². The number of thiazole rings is 1. The third kappa shape index (κ3) is 2.92. The average molecular weight is 262 g/mol. The molecule has 4 nitrogen and oxygen atoms in total. The van der Waals surface area contributed by atoms with E-state index in [9.17, 15) is 4.79 Å². The maximum Gasteiger partial charge on any atom is 0.308 e. The number of aromatic nitrogens is 2. The Morgan fingerprint density at radius 3 is 2.94 bits per heavy atom.